The Balaban J connectivity index is 2.05. The molecule has 0 aliphatic heterocycles. The van der Waals surface area contributed by atoms with E-state index in [1.165, 1.54) is 30.3 Å². The Morgan fingerprint density at radius 1 is 0.857 bits per heavy atom. The van der Waals surface area contributed by atoms with Gasteiger partial charge in [-0.05, 0) is 32.0 Å². The Hall–Kier alpha value is -2.79. The lowest BCUT2D eigenvalue weighted by Gasteiger charge is -2.19. The van der Waals surface area contributed by atoms with Gasteiger partial charge in [0.25, 0.3) is 0 Å². The van der Waals surface area contributed by atoms with E-state index in [-0.39, 0.29) is 22.7 Å². The van der Waals surface area contributed by atoms with Crippen molar-refractivity contribution in [2.24, 2.45) is 0 Å². The van der Waals surface area contributed by atoms with E-state index in [1.807, 2.05) is 13.8 Å². The van der Waals surface area contributed by atoms with Crippen LogP contribution in [0.2, 0.25) is 0 Å². The molecular formula is C23H21FO3S. The number of aryl methyl sites for hydroxylation is 2. The molecule has 5 heteroatoms. The highest BCUT2D eigenvalue weighted by atomic mass is 32.2. The molecule has 3 aromatic rings. The van der Waals surface area contributed by atoms with Crippen molar-refractivity contribution in [1.29, 1.82) is 0 Å². The molecule has 0 aromatic heterocycles. The van der Waals surface area contributed by atoms with Crippen molar-refractivity contribution in [3.05, 3.63) is 101 Å². The average molecular weight is 396 g/mol. The number of carbonyl (C=O) groups excluding carboxylic acids is 1. The summed E-state index contributed by atoms with van der Waals surface area (Å²) in [5.74, 6) is -0.983. The SMILES string of the molecule is Cc1ccc(C(=O)C[C@@H](c2ccccc2F)S(=O)(=O)c2ccc(C)cc2)cc1. The quantitative estimate of drug-likeness (QED) is 0.536. The zero-order valence-corrected chi connectivity index (χ0v) is 16.5. The van der Waals surface area contributed by atoms with Crippen LogP contribution in [-0.2, 0) is 9.84 Å². The summed E-state index contributed by atoms with van der Waals surface area (Å²) in [6.45, 7) is 3.75. The maximum Gasteiger partial charge on any atom is 0.185 e. The molecule has 0 saturated heterocycles. The Morgan fingerprint density at radius 2 is 1.39 bits per heavy atom. The molecule has 0 spiro atoms. The molecule has 0 aliphatic rings. The highest BCUT2D eigenvalue weighted by Crippen LogP contribution is 2.34. The first kappa shape index (κ1) is 20.0. The fourth-order valence-corrected chi connectivity index (χ4v) is 4.78. The highest BCUT2D eigenvalue weighted by molar-refractivity contribution is 7.91. The first-order chi connectivity index (χ1) is 13.3. The fraction of sp³-hybridized carbons (Fsp3) is 0.174. The minimum Gasteiger partial charge on any atom is -0.294 e. The van der Waals surface area contributed by atoms with Gasteiger partial charge < -0.3 is 0 Å². The van der Waals surface area contributed by atoms with Crippen LogP contribution in [0.5, 0.6) is 0 Å². The van der Waals surface area contributed by atoms with E-state index in [2.05, 4.69) is 0 Å². The van der Waals surface area contributed by atoms with Crippen LogP contribution in [0.1, 0.15) is 38.7 Å². The van der Waals surface area contributed by atoms with Crippen molar-refractivity contribution in [3.8, 4) is 0 Å². The lowest BCUT2D eigenvalue weighted by Crippen LogP contribution is -2.19. The second-order valence-corrected chi connectivity index (χ2v) is 8.99. The molecule has 28 heavy (non-hydrogen) atoms. The van der Waals surface area contributed by atoms with Gasteiger partial charge in [0.05, 0.1) is 4.90 Å². The molecule has 0 amide bonds. The van der Waals surface area contributed by atoms with Crippen LogP contribution < -0.4 is 0 Å². The normalized spacial score (nSPS) is 12.5. The van der Waals surface area contributed by atoms with Gasteiger partial charge in [-0.2, -0.15) is 0 Å². The maximum absolute atomic E-state index is 14.5. The number of halogens is 1. The monoisotopic (exact) mass is 396 g/mol. The van der Waals surface area contributed by atoms with Crippen molar-refractivity contribution >= 4 is 15.6 Å². The number of benzene rings is 3. The van der Waals surface area contributed by atoms with Crippen molar-refractivity contribution in [3.63, 3.8) is 0 Å². The summed E-state index contributed by atoms with van der Waals surface area (Å²) in [4.78, 5) is 12.9. The standard InChI is InChI=1S/C23H21FO3S/c1-16-7-11-18(12-8-16)22(25)15-23(20-5-3-4-6-21(20)24)28(26,27)19-13-9-17(2)10-14-19/h3-14,23H,15H2,1-2H3/t23-/m0/s1. The number of ketones is 1. The molecule has 0 saturated carbocycles. The fourth-order valence-electron chi connectivity index (χ4n) is 3.04. The summed E-state index contributed by atoms with van der Waals surface area (Å²) in [5, 5.41) is -1.30. The number of sulfone groups is 1. The number of hydrogen-bond acceptors (Lipinski definition) is 3. The van der Waals surface area contributed by atoms with Crippen molar-refractivity contribution < 1.29 is 17.6 Å². The van der Waals surface area contributed by atoms with E-state index in [1.54, 1.807) is 42.5 Å². The summed E-state index contributed by atoms with van der Waals surface area (Å²) in [6, 6.07) is 19.0. The van der Waals surface area contributed by atoms with Crippen molar-refractivity contribution in [2.45, 2.75) is 30.4 Å². The van der Waals surface area contributed by atoms with Gasteiger partial charge in [-0.1, -0.05) is 65.7 Å². The van der Waals surface area contributed by atoms with Crippen LogP contribution in [0.25, 0.3) is 0 Å². The van der Waals surface area contributed by atoms with E-state index in [9.17, 15) is 17.6 Å². The third kappa shape index (κ3) is 4.20. The second kappa shape index (κ2) is 8.07. The van der Waals surface area contributed by atoms with E-state index < -0.39 is 20.9 Å². The first-order valence-corrected chi connectivity index (χ1v) is 10.5. The smallest absolute Gasteiger partial charge is 0.185 e. The van der Waals surface area contributed by atoms with E-state index in [0.717, 1.165) is 11.1 Å². The summed E-state index contributed by atoms with van der Waals surface area (Å²) in [7, 11) is -3.97. The predicted molar refractivity (Wildman–Crippen MR) is 108 cm³/mol. The topological polar surface area (TPSA) is 51.2 Å². The number of rotatable bonds is 6. The van der Waals surface area contributed by atoms with E-state index in [4.69, 9.17) is 0 Å². The van der Waals surface area contributed by atoms with Crippen molar-refractivity contribution in [2.75, 3.05) is 0 Å². The van der Waals surface area contributed by atoms with Gasteiger partial charge in [0.1, 0.15) is 11.1 Å². The number of Topliss-reactive ketones (excluding diaryl/α,β-unsaturated/α-hetero) is 1. The number of carbonyl (C=O) groups is 1. The molecule has 0 aliphatic carbocycles. The Bertz CT molecular complexity index is 1090. The minimum absolute atomic E-state index is 0.00327. The van der Waals surface area contributed by atoms with Crippen LogP contribution in [0.4, 0.5) is 4.39 Å². The molecule has 0 radical (unpaired) electrons. The molecular weight excluding hydrogens is 375 g/mol. The summed E-state index contributed by atoms with van der Waals surface area (Å²) < 4.78 is 41.1. The van der Waals surface area contributed by atoms with Crippen LogP contribution >= 0.6 is 0 Å². The molecule has 1 atom stereocenters. The Labute approximate surface area is 164 Å². The van der Waals surface area contributed by atoms with Crippen LogP contribution in [0, 0.1) is 19.7 Å². The Kier molecular flexibility index (Phi) is 5.75. The van der Waals surface area contributed by atoms with E-state index in [0.29, 0.717) is 5.56 Å². The molecule has 0 N–H and O–H groups in total. The summed E-state index contributed by atoms with van der Waals surface area (Å²) in [5.41, 5.74) is 2.32. The van der Waals surface area contributed by atoms with Gasteiger partial charge in [0.2, 0.25) is 0 Å². The van der Waals surface area contributed by atoms with Gasteiger partial charge in [-0.3, -0.25) is 4.79 Å². The van der Waals surface area contributed by atoms with Gasteiger partial charge in [-0.25, -0.2) is 12.8 Å². The van der Waals surface area contributed by atoms with E-state index >= 15 is 0 Å². The largest absolute Gasteiger partial charge is 0.294 e. The highest BCUT2D eigenvalue weighted by Gasteiger charge is 2.33. The third-order valence-corrected chi connectivity index (χ3v) is 6.82. The molecule has 0 unspecified atom stereocenters. The van der Waals surface area contributed by atoms with Crippen LogP contribution in [-0.4, -0.2) is 14.2 Å². The molecule has 144 valence electrons. The van der Waals surface area contributed by atoms with Crippen LogP contribution in [0.3, 0.4) is 0 Å². The average Bonchev–Trinajstić information content (AvgIpc) is 2.67. The molecule has 3 aromatic carbocycles. The lowest BCUT2D eigenvalue weighted by atomic mass is 10.0. The molecule has 3 nitrogen and oxygen atoms in total. The molecule has 0 heterocycles. The molecule has 3 rings (SSSR count). The van der Waals surface area contributed by atoms with Gasteiger partial charge >= 0.3 is 0 Å². The summed E-state index contributed by atoms with van der Waals surface area (Å²) in [6.07, 6.45) is -0.333. The van der Waals surface area contributed by atoms with Gasteiger partial charge in [0.15, 0.2) is 15.6 Å². The second-order valence-electron chi connectivity index (χ2n) is 6.86. The van der Waals surface area contributed by atoms with Crippen molar-refractivity contribution in [1.82, 2.24) is 0 Å². The Morgan fingerprint density at radius 3 is 1.96 bits per heavy atom. The predicted octanol–water partition coefficient (Wildman–Crippen LogP) is 5.23. The first-order valence-electron chi connectivity index (χ1n) is 8.94. The van der Waals surface area contributed by atoms with Gasteiger partial charge in [-0.15, -0.1) is 0 Å². The third-order valence-electron chi connectivity index (χ3n) is 4.72. The number of hydrogen-bond donors (Lipinski definition) is 0. The lowest BCUT2D eigenvalue weighted by molar-refractivity contribution is 0.0980. The maximum atomic E-state index is 14.5. The molecule has 0 fully saturated rings. The summed E-state index contributed by atoms with van der Waals surface area (Å²) >= 11 is 0. The molecule has 0 bridgehead atoms. The zero-order valence-electron chi connectivity index (χ0n) is 15.7. The van der Waals surface area contributed by atoms with Gasteiger partial charge in [0, 0.05) is 17.5 Å². The zero-order chi connectivity index (χ0) is 20.3. The minimum atomic E-state index is -3.97. The van der Waals surface area contributed by atoms with Crippen LogP contribution in [0.15, 0.2) is 77.7 Å².